The second-order valence-corrected chi connectivity index (χ2v) is 4.52. The van der Waals surface area contributed by atoms with E-state index in [-0.39, 0.29) is 17.2 Å². The Balaban J connectivity index is 2.72. The number of pyridine rings is 1. The number of hydrogen-bond acceptors (Lipinski definition) is 3. The molecule has 4 heteroatoms. The van der Waals surface area contributed by atoms with E-state index in [0.29, 0.717) is 5.56 Å². The van der Waals surface area contributed by atoms with Crippen molar-refractivity contribution in [2.75, 3.05) is 0 Å². The van der Waals surface area contributed by atoms with Gasteiger partial charge in [0, 0.05) is 11.7 Å². The second-order valence-electron chi connectivity index (χ2n) is 4.52. The molecule has 0 saturated carbocycles. The molecule has 0 atom stereocenters. The first-order valence-corrected chi connectivity index (χ1v) is 5.41. The Kier molecular flexibility index (Phi) is 3.88. The molecule has 1 aromatic rings. The minimum Gasteiger partial charge on any atom is -0.506 e. The van der Waals surface area contributed by atoms with Crippen molar-refractivity contribution in [2.24, 2.45) is 0 Å². The Labute approximate surface area is 95.7 Å². The van der Waals surface area contributed by atoms with E-state index >= 15 is 0 Å². The van der Waals surface area contributed by atoms with Gasteiger partial charge in [-0.05, 0) is 26.3 Å². The average molecular weight is 222 g/mol. The number of carbonyl (C=O) groups is 1. The number of carbonyl (C=O) groups excluding carboxylic acids is 1. The lowest BCUT2D eigenvalue weighted by atomic mass is 9.98. The first-order valence-electron chi connectivity index (χ1n) is 5.41. The highest BCUT2D eigenvalue weighted by Gasteiger charge is 2.20. The van der Waals surface area contributed by atoms with Gasteiger partial charge in [0.15, 0.2) is 0 Å². The topological polar surface area (TPSA) is 62.2 Å². The highest BCUT2D eigenvalue weighted by molar-refractivity contribution is 5.94. The fourth-order valence-corrected chi connectivity index (χ4v) is 1.62. The highest BCUT2D eigenvalue weighted by atomic mass is 16.3. The molecule has 0 bridgehead atoms. The van der Waals surface area contributed by atoms with E-state index in [1.807, 2.05) is 13.8 Å². The third-order valence-corrected chi connectivity index (χ3v) is 2.31. The van der Waals surface area contributed by atoms with Gasteiger partial charge in [-0.15, -0.1) is 0 Å². The molecule has 1 aromatic heterocycles. The zero-order valence-corrected chi connectivity index (χ0v) is 9.95. The van der Waals surface area contributed by atoms with E-state index in [1.54, 1.807) is 0 Å². The lowest BCUT2D eigenvalue weighted by Gasteiger charge is -2.25. The molecule has 1 amide bonds. The van der Waals surface area contributed by atoms with Gasteiger partial charge in [0.05, 0.1) is 11.8 Å². The van der Waals surface area contributed by atoms with E-state index in [4.69, 9.17) is 0 Å². The van der Waals surface area contributed by atoms with Crippen LogP contribution in [0.1, 0.15) is 44.0 Å². The molecular weight excluding hydrogens is 204 g/mol. The fraction of sp³-hybridized carbons (Fsp3) is 0.500. The van der Waals surface area contributed by atoms with Crippen LogP contribution in [0.4, 0.5) is 0 Å². The first kappa shape index (κ1) is 12.5. The van der Waals surface area contributed by atoms with Gasteiger partial charge in [-0.3, -0.25) is 9.78 Å². The Bertz CT molecular complexity index is 375. The highest BCUT2D eigenvalue weighted by Crippen LogP contribution is 2.13. The van der Waals surface area contributed by atoms with Crippen LogP contribution in [0.5, 0.6) is 5.75 Å². The number of hydrogen-bond donors (Lipinski definition) is 2. The predicted molar refractivity (Wildman–Crippen MR) is 62.4 cm³/mol. The van der Waals surface area contributed by atoms with Crippen molar-refractivity contribution < 1.29 is 9.90 Å². The smallest absolute Gasteiger partial charge is 0.253 e. The monoisotopic (exact) mass is 222 g/mol. The van der Waals surface area contributed by atoms with Gasteiger partial charge in [-0.1, -0.05) is 13.3 Å². The summed E-state index contributed by atoms with van der Waals surface area (Å²) in [7, 11) is 0. The molecule has 0 radical (unpaired) electrons. The molecule has 1 rings (SSSR count). The maximum Gasteiger partial charge on any atom is 0.253 e. The summed E-state index contributed by atoms with van der Waals surface area (Å²) in [4.78, 5) is 15.6. The van der Waals surface area contributed by atoms with Crippen LogP contribution in [0.25, 0.3) is 0 Å². The maximum absolute atomic E-state index is 11.8. The molecule has 0 aromatic carbocycles. The van der Waals surface area contributed by atoms with Gasteiger partial charge in [0.1, 0.15) is 5.75 Å². The zero-order valence-electron chi connectivity index (χ0n) is 9.95. The number of nitrogens with one attached hydrogen (secondary N) is 1. The minimum atomic E-state index is -0.239. The SMILES string of the molecule is CCCC(C)(C)NC(=O)c1cncc(O)c1. The Morgan fingerprint density at radius 3 is 2.75 bits per heavy atom. The molecule has 4 nitrogen and oxygen atoms in total. The quantitative estimate of drug-likeness (QED) is 0.820. The third-order valence-electron chi connectivity index (χ3n) is 2.31. The minimum absolute atomic E-state index is 0.000877. The van der Waals surface area contributed by atoms with Gasteiger partial charge in [-0.25, -0.2) is 0 Å². The van der Waals surface area contributed by atoms with Gasteiger partial charge >= 0.3 is 0 Å². The summed E-state index contributed by atoms with van der Waals surface area (Å²) in [6.07, 6.45) is 4.65. The lowest BCUT2D eigenvalue weighted by Crippen LogP contribution is -2.43. The van der Waals surface area contributed by atoms with E-state index in [0.717, 1.165) is 12.8 Å². The number of nitrogens with zero attached hydrogens (tertiary/aromatic N) is 1. The molecule has 0 spiro atoms. The summed E-state index contributed by atoms with van der Waals surface area (Å²) < 4.78 is 0. The maximum atomic E-state index is 11.8. The van der Waals surface area contributed by atoms with Crippen molar-refractivity contribution >= 4 is 5.91 Å². The largest absolute Gasteiger partial charge is 0.506 e. The fourth-order valence-electron chi connectivity index (χ4n) is 1.62. The van der Waals surface area contributed by atoms with Crippen LogP contribution < -0.4 is 5.32 Å². The average Bonchev–Trinajstić information content (AvgIpc) is 2.16. The molecule has 0 aliphatic carbocycles. The normalized spacial score (nSPS) is 11.2. The lowest BCUT2D eigenvalue weighted by molar-refractivity contribution is 0.0908. The third kappa shape index (κ3) is 3.53. The molecule has 1 heterocycles. The number of aromatic nitrogens is 1. The van der Waals surface area contributed by atoms with Gasteiger partial charge < -0.3 is 10.4 Å². The van der Waals surface area contributed by atoms with Crippen LogP contribution in [0.15, 0.2) is 18.5 Å². The van der Waals surface area contributed by atoms with Crippen LogP contribution in [-0.4, -0.2) is 21.5 Å². The van der Waals surface area contributed by atoms with E-state index < -0.39 is 0 Å². The van der Waals surface area contributed by atoms with Gasteiger partial charge in [0.25, 0.3) is 5.91 Å². The second kappa shape index (κ2) is 4.96. The Morgan fingerprint density at radius 2 is 2.19 bits per heavy atom. The van der Waals surface area contributed by atoms with Crippen molar-refractivity contribution in [1.82, 2.24) is 10.3 Å². The molecular formula is C12H18N2O2. The number of aromatic hydroxyl groups is 1. The van der Waals surface area contributed by atoms with Crippen LogP contribution in [0, 0.1) is 0 Å². The first-order chi connectivity index (χ1) is 7.44. The standard InChI is InChI=1S/C12H18N2O2/c1-4-5-12(2,3)14-11(16)9-6-10(15)8-13-7-9/h6-8,15H,4-5H2,1-3H3,(H,14,16). The predicted octanol–water partition coefficient (Wildman–Crippen LogP) is 2.10. The van der Waals surface area contributed by atoms with Crippen molar-refractivity contribution in [2.45, 2.75) is 39.2 Å². The van der Waals surface area contributed by atoms with E-state index in [9.17, 15) is 9.90 Å². The van der Waals surface area contributed by atoms with E-state index in [1.165, 1.54) is 18.5 Å². The molecule has 0 aliphatic heterocycles. The molecule has 2 N–H and O–H groups in total. The summed E-state index contributed by atoms with van der Waals surface area (Å²) in [6.45, 7) is 6.03. The number of amides is 1. The van der Waals surface area contributed by atoms with Crippen LogP contribution in [-0.2, 0) is 0 Å². The molecule has 16 heavy (non-hydrogen) atoms. The van der Waals surface area contributed by atoms with Crippen molar-refractivity contribution in [3.63, 3.8) is 0 Å². The van der Waals surface area contributed by atoms with Crippen LogP contribution in [0.3, 0.4) is 0 Å². The molecule has 88 valence electrons. The summed E-state index contributed by atoms with van der Waals surface area (Å²) >= 11 is 0. The molecule has 0 saturated heterocycles. The van der Waals surface area contributed by atoms with E-state index in [2.05, 4.69) is 17.2 Å². The van der Waals surface area contributed by atoms with Crippen molar-refractivity contribution in [3.05, 3.63) is 24.0 Å². The van der Waals surface area contributed by atoms with Crippen molar-refractivity contribution in [1.29, 1.82) is 0 Å². The summed E-state index contributed by atoms with van der Waals surface area (Å²) in [5, 5.41) is 12.1. The van der Waals surface area contributed by atoms with Gasteiger partial charge in [-0.2, -0.15) is 0 Å². The Hall–Kier alpha value is -1.58. The molecule has 0 aliphatic rings. The van der Waals surface area contributed by atoms with Gasteiger partial charge in [0.2, 0.25) is 0 Å². The molecule has 0 fully saturated rings. The summed E-state index contributed by atoms with van der Waals surface area (Å²) in [5.74, 6) is -0.206. The Morgan fingerprint density at radius 1 is 1.50 bits per heavy atom. The van der Waals surface area contributed by atoms with Crippen molar-refractivity contribution in [3.8, 4) is 5.75 Å². The van der Waals surface area contributed by atoms with Crippen LogP contribution in [0.2, 0.25) is 0 Å². The summed E-state index contributed by atoms with van der Waals surface area (Å²) in [5.41, 5.74) is 0.140. The summed E-state index contributed by atoms with van der Waals surface area (Å²) in [6, 6.07) is 1.41. The molecule has 0 unspecified atom stereocenters. The zero-order chi connectivity index (χ0) is 12.2. The number of rotatable bonds is 4. The van der Waals surface area contributed by atoms with Crippen LogP contribution >= 0.6 is 0 Å².